The number of fused-ring (bicyclic) bond motifs is 1. The standard InChI is InChI=1S/C15H29N3O2.C13H13NO4/c1-11-9-17(8-6-14(11)19)12(2)10-18-7-4-3-5-13(18)15(16)20;15-13(16)18-12-6-9-10(14-12)2-1-3-11(9)17-7-8-4-5-8/h11-14,19H,3-10H2,1-2H3,(H2,16,20);1-3,6,8,14H,4-5,7H2,(H,15,16)/t11-,12-,13?,14-;/m0./s1. The van der Waals surface area contributed by atoms with E-state index in [4.69, 9.17) is 15.6 Å². The number of hydrogen-bond donors (Lipinski definition) is 4. The van der Waals surface area contributed by atoms with Gasteiger partial charge in [0, 0.05) is 37.1 Å². The molecule has 5 N–H and O–H groups in total. The fourth-order valence-corrected chi connectivity index (χ4v) is 5.42. The SMILES string of the molecule is C[C@H]1CN([C@@H](C)CN2CCCCC2C(N)=O)CC[C@@H]1O.O=C(O)Oc1cc2c(OCC3CC3)cccc2[nH]1. The Morgan fingerprint density at radius 3 is 2.66 bits per heavy atom. The molecular weight excluding hydrogens is 488 g/mol. The Bertz CT molecular complexity index is 1090. The zero-order valence-electron chi connectivity index (χ0n) is 22.5. The summed E-state index contributed by atoms with van der Waals surface area (Å²) < 4.78 is 10.3. The molecule has 2 aromatic rings. The van der Waals surface area contributed by atoms with Crippen molar-refractivity contribution in [2.24, 2.45) is 17.6 Å². The lowest BCUT2D eigenvalue weighted by atomic mass is 9.95. The van der Waals surface area contributed by atoms with Crippen LogP contribution in [-0.2, 0) is 4.79 Å². The van der Waals surface area contributed by atoms with Crippen LogP contribution in [0.15, 0.2) is 24.3 Å². The van der Waals surface area contributed by atoms with Crippen molar-refractivity contribution >= 4 is 23.0 Å². The van der Waals surface area contributed by atoms with E-state index in [0.717, 1.165) is 75.1 Å². The van der Waals surface area contributed by atoms with Gasteiger partial charge in [-0.25, -0.2) is 4.79 Å². The van der Waals surface area contributed by atoms with Crippen LogP contribution in [0.2, 0.25) is 0 Å². The molecule has 1 unspecified atom stereocenters. The van der Waals surface area contributed by atoms with E-state index in [9.17, 15) is 14.7 Å². The minimum absolute atomic E-state index is 0.0843. The smallest absolute Gasteiger partial charge is 0.493 e. The molecule has 38 heavy (non-hydrogen) atoms. The molecule has 3 aliphatic rings. The van der Waals surface area contributed by atoms with Crippen LogP contribution in [0.1, 0.15) is 52.4 Å². The first-order valence-corrected chi connectivity index (χ1v) is 13.8. The van der Waals surface area contributed by atoms with Crippen molar-refractivity contribution in [2.45, 2.75) is 70.6 Å². The van der Waals surface area contributed by atoms with Crippen molar-refractivity contribution in [3.63, 3.8) is 0 Å². The van der Waals surface area contributed by atoms with Crippen molar-refractivity contribution in [2.75, 3.05) is 32.8 Å². The Hall–Kier alpha value is -2.82. The van der Waals surface area contributed by atoms with Gasteiger partial charge >= 0.3 is 6.16 Å². The summed E-state index contributed by atoms with van der Waals surface area (Å²) in [5.74, 6) is 1.80. The Morgan fingerprint density at radius 2 is 1.97 bits per heavy atom. The number of ether oxygens (including phenoxy) is 2. The number of likely N-dealkylation sites (tertiary alicyclic amines) is 2. The number of hydrogen-bond acceptors (Lipinski definition) is 7. The summed E-state index contributed by atoms with van der Waals surface area (Å²) in [6, 6.07) is 7.57. The number of nitrogens with zero attached hydrogens (tertiary/aromatic N) is 2. The summed E-state index contributed by atoms with van der Waals surface area (Å²) in [6.45, 7) is 8.81. The van der Waals surface area contributed by atoms with Gasteiger partial charge in [-0.1, -0.05) is 19.4 Å². The number of carbonyl (C=O) groups is 2. The third-order valence-corrected chi connectivity index (χ3v) is 7.92. The first kappa shape index (κ1) is 28.2. The van der Waals surface area contributed by atoms with Crippen molar-refractivity contribution in [1.82, 2.24) is 14.8 Å². The molecule has 0 radical (unpaired) electrons. The molecule has 1 saturated carbocycles. The normalized spacial score (nSPS) is 25.3. The fraction of sp³-hybridized carbons (Fsp3) is 0.643. The second-order valence-electron chi connectivity index (χ2n) is 11.1. The van der Waals surface area contributed by atoms with Gasteiger partial charge in [-0.15, -0.1) is 0 Å². The van der Waals surface area contributed by atoms with Crippen LogP contribution >= 0.6 is 0 Å². The highest BCUT2D eigenvalue weighted by Crippen LogP contribution is 2.33. The Kier molecular flexibility index (Phi) is 9.51. The zero-order chi connectivity index (χ0) is 27.2. The highest BCUT2D eigenvalue weighted by Gasteiger charge is 2.32. The molecule has 1 aromatic carbocycles. The topological polar surface area (TPSA) is 141 Å². The number of aliphatic hydroxyl groups excluding tert-OH is 1. The largest absolute Gasteiger partial charge is 0.512 e. The zero-order valence-corrected chi connectivity index (χ0v) is 22.5. The van der Waals surface area contributed by atoms with Gasteiger partial charge in [0.05, 0.1) is 24.3 Å². The number of rotatable bonds is 8. The number of nitrogens with one attached hydrogen (secondary N) is 1. The van der Waals surface area contributed by atoms with E-state index in [1.807, 2.05) is 18.2 Å². The Morgan fingerprint density at radius 1 is 1.18 bits per heavy atom. The van der Waals surface area contributed by atoms with Gasteiger partial charge in [0.25, 0.3) is 0 Å². The number of carboxylic acid groups (broad SMARTS) is 1. The number of aromatic amines is 1. The predicted molar refractivity (Wildman–Crippen MR) is 144 cm³/mol. The van der Waals surface area contributed by atoms with Gasteiger partial charge in [0.1, 0.15) is 5.75 Å². The van der Waals surface area contributed by atoms with E-state index < -0.39 is 6.16 Å². The second kappa shape index (κ2) is 12.8. The Labute approximate surface area is 224 Å². The summed E-state index contributed by atoms with van der Waals surface area (Å²) >= 11 is 0. The van der Waals surface area contributed by atoms with Gasteiger partial charge in [-0.2, -0.15) is 0 Å². The predicted octanol–water partition coefficient (Wildman–Crippen LogP) is 3.43. The fourth-order valence-electron chi connectivity index (χ4n) is 5.42. The maximum atomic E-state index is 11.6. The van der Waals surface area contributed by atoms with Crippen molar-refractivity contribution in [3.8, 4) is 11.6 Å². The van der Waals surface area contributed by atoms with E-state index in [1.165, 1.54) is 12.8 Å². The molecule has 210 valence electrons. The molecule has 5 rings (SSSR count). The quantitative estimate of drug-likeness (QED) is 0.381. The van der Waals surface area contributed by atoms with Crippen LogP contribution in [0.4, 0.5) is 4.79 Å². The second-order valence-corrected chi connectivity index (χ2v) is 11.1. The molecule has 3 heterocycles. The Balaban J connectivity index is 0.000000178. The number of primary amides is 1. The molecule has 3 fully saturated rings. The molecule has 4 atom stereocenters. The number of carbonyl (C=O) groups excluding carboxylic acids is 1. The maximum Gasteiger partial charge on any atom is 0.512 e. The number of H-pyrrole nitrogens is 1. The molecule has 2 aliphatic heterocycles. The highest BCUT2D eigenvalue weighted by molar-refractivity contribution is 5.88. The first-order chi connectivity index (χ1) is 18.2. The van der Waals surface area contributed by atoms with Gasteiger partial charge in [-0.3, -0.25) is 14.6 Å². The minimum Gasteiger partial charge on any atom is -0.493 e. The molecule has 1 aromatic heterocycles. The monoisotopic (exact) mass is 530 g/mol. The number of nitrogens with two attached hydrogens (primary N) is 1. The van der Waals surface area contributed by atoms with E-state index >= 15 is 0 Å². The molecule has 0 bridgehead atoms. The van der Waals surface area contributed by atoms with Crippen molar-refractivity contribution < 1.29 is 29.3 Å². The van der Waals surface area contributed by atoms with Crippen LogP contribution in [-0.4, -0.2) is 88.0 Å². The lowest BCUT2D eigenvalue weighted by Crippen LogP contribution is -2.54. The lowest BCUT2D eigenvalue weighted by molar-refractivity contribution is -0.124. The summed E-state index contributed by atoms with van der Waals surface area (Å²) in [7, 11) is 0. The number of aliphatic hydroxyl groups is 1. The number of amides is 1. The van der Waals surface area contributed by atoms with E-state index in [2.05, 4.69) is 33.4 Å². The molecular formula is C28H42N4O6. The van der Waals surface area contributed by atoms with Crippen molar-refractivity contribution in [1.29, 1.82) is 0 Å². The van der Waals surface area contributed by atoms with Gasteiger partial charge in [-0.05, 0) is 69.5 Å². The van der Waals surface area contributed by atoms with Gasteiger partial charge < -0.3 is 30.4 Å². The van der Waals surface area contributed by atoms with E-state index in [0.29, 0.717) is 17.9 Å². The van der Waals surface area contributed by atoms with E-state index in [-0.39, 0.29) is 23.9 Å². The van der Waals surface area contributed by atoms with Crippen LogP contribution in [0, 0.1) is 11.8 Å². The molecule has 2 saturated heterocycles. The molecule has 0 spiro atoms. The summed E-state index contributed by atoms with van der Waals surface area (Å²) in [5, 5.41) is 19.2. The van der Waals surface area contributed by atoms with E-state index in [1.54, 1.807) is 6.07 Å². The van der Waals surface area contributed by atoms with Crippen LogP contribution < -0.4 is 15.2 Å². The summed E-state index contributed by atoms with van der Waals surface area (Å²) in [4.78, 5) is 29.6. The third-order valence-electron chi connectivity index (χ3n) is 7.92. The molecule has 1 amide bonds. The van der Waals surface area contributed by atoms with Crippen molar-refractivity contribution in [3.05, 3.63) is 24.3 Å². The third kappa shape index (κ3) is 7.61. The number of piperidine rings is 2. The van der Waals surface area contributed by atoms with Crippen LogP contribution in [0.5, 0.6) is 11.6 Å². The molecule has 10 heteroatoms. The van der Waals surface area contributed by atoms with Gasteiger partial charge in [0.15, 0.2) is 0 Å². The molecule has 10 nitrogen and oxygen atoms in total. The first-order valence-electron chi connectivity index (χ1n) is 13.8. The summed E-state index contributed by atoms with van der Waals surface area (Å²) in [6.07, 6.45) is 4.99. The lowest BCUT2D eigenvalue weighted by Gasteiger charge is -2.42. The average molecular weight is 531 g/mol. The number of benzene rings is 1. The summed E-state index contributed by atoms with van der Waals surface area (Å²) in [5.41, 5.74) is 6.33. The highest BCUT2D eigenvalue weighted by atomic mass is 16.7. The van der Waals surface area contributed by atoms with Gasteiger partial charge in [0.2, 0.25) is 11.8 Å². The maximum absolute atomic E-state index is 11.6. The minimum atomic E-state index is -1.33. The number of aromatic nitrogens is 1. The molecule has 1 aliphatic carbocycles. The average Bonchev–Trinajstić information content (AvgIpc) is 3.62. The van der Waals surface area contributed by atoms with Crippen LogP contribution in [0.3, 0.4) is 0 Å². The van der Waals surface area contributed by atoms with Crippen LogP contribution in [0.25, 0.3) is 10.9 Å².